The van der Waals surface area contributed by atoms with Crippen LogP contribution in [0.5, 0.6) is 0 Å². The van der Waals surface area contributed by atoms with E-state index in [4.69, 9.17) is 0 Å². The van der Waals surface area contributed by atoms with Crippen molar-refractivity contribution in [2.75, 3.05) is 24.5 Å². The molecule has 1 N–H and O–H groups in total. The third-order valence-electron chi connectivity index (χ3n) is 3.88. The molecule has 7 heteroatoms. The van der Waals surface area contributed by atoms with Crippen molar-refractivity contribution >= 4 is 28.4 Å². The summed E-state index contributed by atoms with van der Waals surface area (Å²) >= 11 is 0. The Morgan fingerprint density at radius 1 is 1.27 bits per heavy atom. The molecule has 0 unspecified atom stereocenters. The number of nitrogens with zero attached hydrogens (tertiary/aromatic N) is 4. The first-order valence-corrected chi connectivity index (χ1v) is 7.16. The fourth-order valence-corrected chi connectivity index (χ4v) is 2.81. The zero-order valence-electron chi connectivity index (χ0n) is 11.8. The zero-order chi connectivity index (χ0) is 15.1. The van der Waals surface area contributed by atoms with Crippen LogP contribution in [0.15, 0.2) is 30.6 Å². The first-order chi connectivity index (χ1) is 10.7. The number of carbonyl (C=O) groups excluding carboxylic acids is 1. The molecular weight excluding hydrogens is 285 g/mol. The van der Waals surface area contributed by atoms with Crippen molar-refractivity contribution < 1.29 is 9.18 Å². The van der Waals surface area contributed by atoms with Gasteiger partial charge in [0.05, 0.1) is 11.0 Å². The maximum atomic E-state index is 13.5. The van der Waals surface area contributed by atoms with Crippen molar-refractivity contribution in [1.82, 2.24) is 19.7 Å². The Bertz CT molecular complexity index is 875. The van der Waals surface area contributed by atoms with Crippen LogP contribution < -0.4 is 10.2 Å². The van der Waals surface area contributed by atoms with Crippen LogP contribution >= 0.6 is 0 Å². The number of amides is 1. The molecule has 3 aromatic rings. The quantitative estimate of drug-likeness (QED) is 0.737. The highest BCUT2D eigenvalue weighted by molar-refractivity contribution is 5.84. The molecule has 6 nitrogen and oxygen atoms in total. The fourth-order valence-electron chi connectivity index (χ4n) is 2.81. The lowest BCUT2D eigenvalue weighted by molar-refractivity contribution is -0.120. The van der Waals surface area contributed by atoms with Crippen molar-refractivity contribution in [2.45, 2.75) is 6.42 Å². The number of hydrogen-bond acceptors (Lipinski definition) is 4. The first kappa shape index (κ1) is 13.0. The van der Waals surface area contributed by atoms with E-state index in [1.165, 1.54) is 12.1 Å². The van der Waals surface area contributed by atoms with E-state index in [0.717, 1.165) is 5.52 Å². The van der Waals surface area contributed by atoms with Crippen molar-refractivity contribution in [2.24, 2.45) is 0 Å². The average Bonchev–Trinajstić information content (AvgIpc) is 2.89. The van der Waals surface area contributed by atoms with Crippen molar-refractivity contribution in [3.63, 3.8) is 0 Å². The van der Waals surface area contributed by atoms with E-state index in [1.807, 2.05) is 15.5 Å². The summed E-state index contributed by atoms with van der Waals surface area (Å²) in [5.74, 6) is 0.395. The summed E-state index contributed by atoms with van der Waals surface area (Å²) in [5, 5.41) is 2.84. The van der Waals surface area contributed by atoms with Crippen LogP contribution in [0.25, 0.3) is 16.7 Å². The molecule has 1 aliphatic rings. The van der Waals surface area contributed by atoms with Gasteiger partial charge in [0.1, 0.15) is 5.82 Å². The van der Waals surface area contributed by atoms with E-state index in [2.05, 4.69) is 15.3 Å². The van der Waals surface area contributed by atoms with Crippen LogP contribution in [-0.2, 0) is 4.79 Å². The van der Waals surface area contributed by atoms with Crippen molar-refractivity contribution in [1.29, 1.82) is 0 Å². The number of aromatic nitrogens is 3. The van der Waals surface area contributed by atoms with Gasteiger partial charge in [0.2, 0.25) is 5.91 Å². The molecule has 4 rings (SSSR count). The summed E-state index contributed by atoms with van der Waals surface area (Å²) in [4.78, 5) is 22.5. The predicted octanol–water partition coefficient (Wildman–Crippen LogP) is 1.35. The van der Waals surface area contributed by atoms with Gasteiger partial charge in [-0.25, -0.2) is 14.4 Å². The van der Waals surface area contributed by atoms with E-state index < -0.39 is 0 Å². The van der Waals surface area contributed by atoms with E-state index in [1.54, 1.807) is 12.3 Å². The lowest BCUT2D eigenvalue weighted by atomic mass is 10.3. The Morgan fingerprint density at radius 3 is 3.09 bits per heavy atom. The van der Waals surface area contributed by atoms with Crippen LogP contribution in [0, 0.1) is 5.82 Å². The molecular formula is C15H14FN5O. The van der Waals surface area contributed by atoms with Crippen LogP contribution in [0.2, 0.25) is 0 Å². The van der Waals surface area contributed by atoms with Gasteiger partial charge in [-0.2, -0.15) is 0 Å². The van der Waals surface area contributed by atoms with Gasteiger partial charge in [-0.05, 0) is 12.1 Å². The molecule has 0 bridgehead atoms. The molecule has 0 saturated carbocycles. The Labute approximate surface area is 125 Å². The van der Waals surface area contributed by atoms with Crippen LogP contribution in [0.4, 0.5) is 10.2 Å². The number of hydrogen-bond donors (Lipinski definition) is 1. The Hall–Kier alpha value is -2.70. The highest BCUT2D eigenvalue weighted by Gasteiger charge is 2.19. The van der Waals surface area contributed by atoms with Crippen molar-refractivity contribution in [3.05, 3.63) is 36.4 Å². The van der Waals surface area contributed by atoms with Gasteiger partial charge < -0.3 is 10.2 Å². The first-order valence-electron chi connectivity index (χ1n) is 7.16. The number of benzene rings is 1. The third-order valence-corrected chi connectivity index (χ3v) is 3.88. The number of nitrogens with one attached hydrogen (secondary N) is 1. The zero-order valence-corrected chi connectivity index (χ0v) is 11.8. The fraction of sp³-hybridized carbons (Fsp3) is 0.267. The molecule has 0 radical (unpaired) electrons. The number of imidazole rings is 1. The van der Waals surface area contributed by atoms with Gasteiger partial charge in [-0.3, -0.25) is 9.20 Å². The third kappa shape index (κ3) is 2.05. The average molecular weight is 299 g/mol. The summed E-state index contributed by atoms with van der Waals surface area (Å²) < 4.78 is 15.4. The molecule has 1 amide bonds. The minimum Gasteiger partial charge on any atom is -0.354 e. The molecule has 1 fully saturated rings. The monoisotopic (exact) mass is 299 g/mol. The van der Waals surface area contributed by atoms with Crippen LogP contribution in [0.1, 0.15) is 6.42 Å². The lowest BCUT2D eigenvalue weighted by Gasteiger charge is -2.21. The van der Waals surface area contributed by atoms with E-state index in [9.17, 15) is 9.18 Å². The smallest absolute Gasteiger partial charge is 0.221 e. The molecule has 0 spiro atoms. The minimum absolute atomic E-state index is 0.0358. The molecule has 0 atom stereocenters. The van der Waals surface area contributed by atoms with Gasteiger partial charge in [0.25, 0.3) is 0 Å². The topological polar surface area (TPSA) is 62.5 Å². The number of halogens is 1. The Kier molecular flexibility index (Phi) is 2.92. The van der Waals surface area contributed by atoms with Gasteiger partial charge in [-0.1, -0.05) is 0 Å². The molecule has 3 heterocycles. The molecule has 112 valence electrons. The number of anilines is 1. The Morgan fingerprint density at radius 2 is 2.18 bits per heavy atom. The summed E-state index contributed by atoms with van der Waals surface area (Å²) in [5.41, 5.74) is 2.10. The van der Waals surface area contributed by atoms with Gasteiger partial charge in [0.15, 0.2) is 11.5 Å². The lowest BCUT2D eigenvalue weighted by Crippen LogP contribution is -2.29. The molecule has 22 heavy (non-hydrogen) atoms. The highest BCUT2D eigenvalue weighted by Crippen LogP contribution is 2.24. The van der Waals surface area contributed by atoms with E-state index in [0.29, 0.717) is 43.0 Å². The Balaban J connectivity index is 1.91. The SMILES string of the molecule is O=C1CCN(c2nc3cc(F)ccc3n3ccnc23)CCN1. The maximum Gasteiger partial charge on any atom is 0.221 e. The van der Waals surface area contributed by atoms with Crippen LogP contribution in [0.3, 0.4) is 0 Å². The van der Waals surface area contributed by atoms with E-state index >= 15 is 0 Å². The molecule has 1 aromatic carbocycles. The summed E-state index contributed by atoms with van der Waals surface area (Å²) in [6.07, 6.45) is 3.95. The van der Waals surface area contributed by atoms with Gasteiger partial charge in [0, 0.05) is 44.5 Å². The molecule has 1 aliphatic heterocycles. The molecule has 1 saturated heterocycles. The number of carbonyl (C=O) groups is 1. The summed E-state index contributed by atoms with van der Waals surface area (Å²) in [6.45, 7) is 1.79. The standard InChI is InChI=1S/C15H14FN5O/c16-10-1-2-12-11(9-10)19-15(14-18-5-8-21(12)14)20-6-3-13(22)17-4-7-20/h1-2,5,8-9H,3-4,6-7H2,(H,17,22). The second-order valence-corrected chi connectivity index (χ2v) is 5.28. The highest BCUT2D eigenvalue weighted by atomic mass is 19.1. The second kappa shape index (κ2) is 4.94. The predicted molar refractivity (Wildman–Crippen MR) is 80.3 cm³/mol. The normalized spacial score (nSPS) is 16.0. The summed E-state index contributed by atoms with van der Waals surface area (Å²) in [6, 6.07) is 4.53. The van der Waals surface area contributed by atoms with Crippen LogP contribution in [-0.4, -0.2) is 39.9 Å². The largest absolute Gasteiger partial charge is 0.354 e. The second-order valence-electron chi connectivity index (χ2n) is 5.28. The molecule has 0 aliphatic carbocycles. The van der Waals surface area contributed by atoms with Crippen molar-refractivity contribution in [3.8, 4) is 0 Å². The summed E-state index contributed by atoms with van der Waals surface area (Å²) in [7, 11) is 0. The van der Waals surface area contributed by atoms with Gasteiger partial charge >= 0.3 is 0 Å². The number of fused-ring (bicyclic) bond motifs is 3. The van der Waals surface area contributed by atoms with Gasteiger partial charge in [-0.15, -0.1) is 0 Å². The minimum atomic E-state index is -0.321. The van der Waals surface area contributed by atoms with E-state index in [-0.39, 0.29) is 11.7 Å². The maximum absolute atomic E-state index is 13.5. The molecule has 2 aromatic heterocycles. The number of rotatable bonds is 1.